The van der Waals surface area contributed by atoms with Gasteiger partial charge < -0.3 is 14.6 Å². The van der Waals surface area contributed by atoms with Gasteiger partial charge in [-0.25, -0.2) is 0 Å². The molecule has 0 aromatic carbocycles. The lowest BCUT2D eigenvalue weighted by Crippen LogP contribution is -2.66. The van der Waals surface area contributed by atoms with Crippen molar-refractivity contribution in [2.45, 2.75) is 115 Å². The summed E-state index contributed by atoms with van der Waals surface area (Å²) in [5, 5.41) is 16.1. The summed E-state index contributed by atoms with van der Waals surface area (Å²) in [6.07, 6.45) is 9.17. The highest BCUT2D eigenvalue weighted by molar-refractivity contribution is 5.80. The second kappa shape index (κ2) is 12.5. The molecule has 2 N–H and O–H groups in total. The first-order valence-electron chi connectivity index (χ1n) is 12.1. The predicted molar refractivity (Wildman–Crippen MR) is 115 cm³/mol. The molecule has 0 bridgehead atoms. The summed E-state index contributed by atoms with van der Waals surface area (Å²) in [6, 6.07) is 1.58. The molecule has 0 amide bonds. The third-order valence-electron chi connectivity index (χ3n) is 6.88. The number of alkyl halides is 3. The number of nitrogens with one attached hydrogen (secondary N) is 2. The van der Waals surface area contributed by atoms with E-state index in [1.54, 1.807) is 0 Å². The number of carbonyl (C=O) groups is 2. The monoisotopic (exact) mass is 477 g/mol. The molecule has 190 valence electrons. The van der Waals surface area contributed by atoms with Gasteiger partial charge in [0.05, 0.1) is 31.3 Å². The van der Waals surface area contributed by atoms with E-state index in [-0.39, 0.29) is 17.9 Å². The number of esters is 1. The number of rotatable bonds is 9. The zero-order chi connectivity index (χ0) is 24.6. The molecule has 3 rings (SSSR count). The lowest BCUT2D eigenvalue weighted by Gasteiger charge is -2.38. The number of aliphatic carboxylic acids is 1. The molecule has 3 aliphatic rings. The fourth-order valence-electron chi connectivity index (χ4n) is 5.29. The van der Waals surface area contributed by atoms with Gasteiger partial charge in [-0.15, -0.1) is 0 Å². The summed E-state index contributed by atoms with van der Waals surface area (Å²) < 4.78 is 39.1. The largest absolute Gasteiger partial charge is 0.542 e. The van der Waals surface area contributed by atoms with Gasteiger partial charge in [0.15, 0.2) is 0 Å². The fraction of sp³-hybridized carbons (Fsp3) is 0.870. The summed E-state index contributed by atoms with van der Waals surface area (Å²) in [6.45, 7) is 4.39. The quantitative estimate of drug-likeness (QED) is 0.301. The topological polar surface area (TPSA) is 93.5 Å². The van der Waals surface area contributed by atoms with E-state index in [1.807, 2.05) is 0 Å². The maximum atomic E-state index is 12.3. The number of carboxylic acids is 1. The Bertz CT molecular complexity index is 699. The number of nitrogens with zero attached hydrogens (tertiary/aromatic N) is 1. The number of guanidine groups is 1. The minimum absolute atomic E-state index is 0.0600. The average molecular weight is 478 g/mol. The molecule has 33 heavy (non-hydrogen) atoms. The van der Waals surface area contributed by atoms with Crippen molar-refractivity contribution in [2.24, 2.45) is 5.92 Å². The van der Waals surface area contributed by atoms with Crippen molar-refractivity contribution in [3.8, 4) is 0 Å². The Kier molecular flexibility index (Phi) is 10.3. The zero-order valence-electron chi connectivity index (χ0n) is 19.9. The van der Waals surface area contributed by atoms with Gasteiger partial charge in [0.1, 0.15) is 11.9 Å². The smallest absolute Gasteiger partial charge is 0.430 e. The summed E-state index contributed by atoms with van der Waals surface area (Å²) in [4.78, 5) is 21.0. The van der Waals surface area contributed by atoms with Gasteiger partial charge in [0.2, 0.25) is 0 Å². The number of methoxy groups -OCH3 is 1. The Morgan fingerprint density at radius 3 is 2.27 bits per heavy atom. The van der Waals surface area contributed by atoms with Crippen molar-refractivity contribution >= 4 is 17.9 Å². The maximum Gasteiger partial charge on any atom is 0.430 e. The molecular weight excluding hydrogens is 439 g/mol. The molecule has 0 unspecified atom stereocenters. The van der Waals surface area contributed by atoms with Crippen LogP contribution < -0.4 is 15.7 Å². The van der Waals surface area contributed by atoms with E-state index in [1.165, 1.54) is 77.3 Å². The number of carbonyl (C=O) groups excluding carboxylic acids is 2. The third-order valence-corrected chi connectivity index (χ3v) is 6.88. The second-order valence-electron chi connectivity index (χ2n) is 9.31. The van der Waals surface area contributed by atoms with Crippen molar-refractivity contribution in [1.82, 2.24) is 10.6 Å². The average Bonchev–Trinajstić information content (AvgIpc) is 3.17. The van der Waals surface area contributed by atoms with Crippen LogP contribution in [0.5, 0.6) is 0 Å². The van der Waals surface area contributed by atoms with E-state index in [2.05, 4.69) is 29.1 Å². The number of unbranched alkanes of at least 4 members (excludes halogenated alkanes) is 6. The second-order valence-corrected chi connectivity index (χ2v) is 9.31. The molecule has 0 radical (unpaired) electrons. The summed E-state index contributed by atoms with van der Waals surface area (Å²) in [5.41, 5.74) is 0. The Labute approximate surface area is 194 Å². The van der Waals surface area contributed by atoms with Crippen molar-refractivity contribution in [3.63, 3.8) is 0 Å². The molecule has 0 aliphatic carbocycles. The van der Waals surface area contributed by atoms with Crippen LogP contribution >= 0.6 is 0 Å². The first kappa shape index (κ1) is 27.2. The molecular formula is C23H38F3N3O4. The van der Waals surface area contributed by atoms with Crippen LogP contribution in [-0.4, -0.2) is 59.9 Å². The first-order valence-corrected chi connectivity index (χ1v) is 12.1. The van der Waals surface area contributed by atoms with Gasteiger partial charge in [-0.1, -0.05) is 51.9 Å². The van der Waals surface area contributed by atoms with Crippen molar-refractivity contribution in [3.05, 3.63) is 0 Å². The lowest BCUT2D eigenvalue weighted by atomic mass is 9.90. The lowest BCUT2D eigenvalue weighted by molar-refractivity contribution is -0.598. The molecule has 3 aliphatic heterocycles. The number of hydrogen-bond donors (Lipinski definition) is 2. The van der Waals surface area contributed by atoms with Gasteiger partial charge in [0, 0.05) is 6.42 Å². The zero-order valence-corrected chi connectivity index (χ0v) is 19.9. The highest BCUT2D eigenvalue weighted by Crippen LogP contribution is 2.34. The molecule has 7 nitrogen and oxygen atoms in total. The SMILES string of the molecule is CCCCCCCCC[C@@H]1C[C@@H]2CC[C@H]3[C@@H](C(=O)OC)[C@@H](C)NC(=[N+]23)N1.O=C([O-])C(F)(F)F. The standard InChI is InChI=1S/C21H37N3O2.C2HF3O2/c1-4-5-6-7-8-9-10-11-16-14-17-12-13-18-19(20(25)26-3)15(2)22-21(23-16)24(17)18;3-2(4,5)1(6)7/h15-19H,4-14H2,1-3H3,(H,22,23);(H,6,7)/t15-,16-,17+,18+,19+;/m1./s1. The Hall–Kier alpha value is -2.00. The van der Waals surface area contributed by atoms with Gasteiger partial charge in [-0.2, -0.15) is 13.2 Å². The van der Waals surface area contributed by atoms with Crippen LogP contribution in [0.2, 0.25) is 0 Å². The maximum absolute atomic E-state index is 12.3. The Balaban J connectivity index is 0.000000479. The van der Waals surface area contributed by atoms with Gasteiger partial charge in [0.25, 0.3) is 0 Å². The molecule has 0 aromatic heterocycles. The minimum atomic E-state index is -5.19. The van der Waals surface area contributed by atoms with Crippen molar-refractivity contribution < 1.29 is 37.2 Å². The minimum Gasteiger partial charge on any atom is -0.542 e. The van der Waals surface area contributed by atoms with Gasteiger partial charge in [-0.3, -0.25) is 20.0 Å². The van der Waals surface area contributed by atoms with Crippen molar-refractivity contribution in [2.75, 3.05) is 7.11 Å². The summed E-state index contributed by atoms with van der Waals surface area (Å²) in [5.74, 6) is -1.97. The van der Waals surface area contributed by atoms with Crippen LogP contribution in [0, 0.1) is 5.92 Å². The molecule has 0 aromatic rings. The van der Waals surface area contributed by atoms with Crippen LogP contribution in [0.25, 0.3) is 0 Å². The van der Waals surface area contributed by atoms with E-state index in [4.69, 9.17) is 14.6 Å². The Morgan fingerprint density at radius 1 is 1.09 bits per heavy atom. The highest BCUT2D eigenvalue weighted by atomic mass is 19.4. The molecule has 1 fully saturated rings. The van der Waals surface area contributed by atoms with Crippen LogP contribution in [0.1, 0.15) is 84.5 Å². The number of hydrogen-bond acceptors (Lipinski definition) is 6. The molecule has 5 atom stereocenters. The Morgan fingerprint density at radius 2 is 1.70 bits per heavy atom. The molecule has 10 heteroatoms. The predicted octanol–water partition coefficient (Wildman–Crippen LogP) is 2.47. The van der Waals surface area contributed by atoms with E-state index in [0.717, 1.165) is 6.42 Å². The number of halogens is 3. The van der Waals surface area contributed by atoms with Crippen LogP contribution in [0.3, 0.4) is 0 Å². The van der Waals surface area contributed by atoms with Crippen molar-refractivity contribution in [1.29, 1.82) is 0 Å². The molecule has 0 spiro atoms. The number of ether oxygens (including phenoxy) is 1. The van der Waals surface area contributed by atoms with Crippen LogP contribution in [0.15, 0.2) is 0 Å². The van der Waals surface area contributed by atoms with E-state index in [9.17, 15) is 18.0 Å². The normalized spacial score (nSPS) is 28.1. The summed E-state index contributed by atoms with van der Waals surface area (Å²) >= 11 is 0. The molecule has 3 heterocycles. The van der Waals surface area contributed by atoms with Crippen LogP contribution in [0.4, 0.5) is 13.2 Å². The number of carboxylic acid groups (broad SMARTS) is 1. The molecule has 1 saturated heterocycles. The van der Waals surface area contributed by atoms with Gasteiger partial charge in [-0.05, 0) is 26.2 Å². The summed E-state index contributed by atoms with van der Waals surface area (Å²) in [7, 11) is 1.51. The van der Waals surface area contributed by atoms with Gasteiger partial charge >= 0.3 is 18.1 Å². The van der Waals surface area contributed by atoms with Crippen LogP contribution in [-0.2, 0) is 14.3 Å². The first-order chi connectivity index (χ1) is 15.6. The third kappa shape index (κ3) is 7.50. The van der Waals surface area contributed by atoms with E-state index in [0.29, 0.717) is 18.1 Å². The van der Waals surface area contributed by atoms with E-state index >= 15 is 0 Å². The highest BCUT2D eigenvalue weighted by Gasteiger charge is 2.52. The van der Waals surface area contributed by atoms with E-state index < -0.39 is 12.1 Å². The fourth-order valence-corrected chi connectivity index (χ4v) is 5.29. The molecule has 0 saturated carbocycles.